The molecule has 0 amide bonds. The lowest BCUT2D eigenvalue weighted by atomic mass is 10.1. The molecule has 0 aliphatic carbocycles. The van der Waals surface area contributed by atoms with Crippen LogP contribution in [0.2, 0.25) is 0 Å². The first kappa shape index (κ1) is 14.9. The monoisotopic (exact) mass is 330 g/mol. The maximum absolute atomic E-state index is 9.93. The van der Waals surface area contributed by atoms with E-state index in [0.717, 1.165) is 20.1 Å². The van der Waals surface area contributed by atoms with E-state index in [1.807, 2.05) is 43.3 Å². The lowest BCUT2D eigenvalue weighted by Gasteiger charge is -2.07. The first-order chi connectivity index (χ1) is 10.7. The SMILES string of the molecule is Cc1ccc(O)c(/C(CSc2nc3ccccc3s2)=N/O)c1. The van der Waals surface area contributed by atoms with Gasteiger partial charge in [0, 0.05) is 11.3 Å². The zero-order valence-corrected chi connectivity index (χ0v) is 13.5. The summed E-state index contributed by atoms with van der Waals surface area (Å²) in [5, 5.41) is 22.5. The van der Waals surface area contributed by atoms with Gasteiger partial charge in [-0.1, -0.05) is 40.7 Å². The fourth-order valence-electron chi connectivity index (χ4n) is 2.08. The van der Waals surface area contributed by atoms with Crippen LogP contribution < -0.4 is 0 Å². The van der Waals surface area contributed by atoms with Crippen LogP contribution in [-0.2, 0) is 0 Å². The second-order valence-corrected chi connectivity index (χ2v) is 7.06. The zero-order chi connectivity index (χ0) is 15.5. The quantitative estimate of drug-likeness (QED) is 0.324. The third-order valence-corrected chi connectivity index (χ3v) is 5.38. The Morgan fingerprint density at radius 2 is 2.09 bits per heavy atom. The Morgan fingerprint density at radius 1 is 1.27 bits per heavy atom. The summed E-state index contributed by atoms with van der Waals surface area (Å²) < 4.78 is 2.04. The van der Waals surface area contributed by atoms with Crippen molar-refractivity contribution in [3.05, 3.63) is 53.6 Å². The molecular formula is C16H14N2O2S2. The Kier molecular flexibility index (Phi) is 4.31. The lowest BCUT2D eigenvalue weighted by Crippen LogP contribution is -2.05. The van der Waals surface area contributed by atoms with E-state index < -0.39 is 0 Å². The Hall–Kier alpha value is -2.05. The van der Waals surface area contributed by atoms with E-state index in [0.29, 0.717) is 17.0 Å². The maximum atomic E-state index is 9.93. The third-order valence-electron chi connectivity index (χ3n) is 3.19. The van der Waals surface area contributed by atoms with Gasteiger partial charge >= 0.3 is 0 Å². The second-order valence-electron chi connectivity index (χ2n) is 4.80. The van der Waals surface area contributed by atoms with Crippen LogP contribution in [0.5, 0.6) is 5.75 Å². The number of aromatic hydroxyl groups is 1. The summed E-state index contributed by atoms with van der Waals surface area (Å²) in [6.45, 7) is 1.93. The van der Waals surface area contributed by atoms with E-state index in [9.17, 15) is 10.3 Å². The Labute approximate surface area is 136 Å². The van der Waals surface area contributed by atoms with Crippen LogP contribution in [0.25, 0.3) is 10.2 Å². The number of nitrogens with zero attached hydrogens (tertiary/aromatic N) is 2. The van der Waals surface area contributed by atoms with Gasteiger partial charge in [0.15, 0.2) is 4.34 Å². The molecule has 0 atom stereocenters. The van der Waals surface area contributed by atoms with E-state index in [1.54, 1.807) is 17.4 Å². The summed E-state index contributed by atoms with van der Waals surface area (Å²) in [5.41, 5.74) is 2.95. The van der Waals surface area contributed by atoms with Crippen molar-refractivity contribution in [3.8, 4) is 5.75 Å². The summed E-state index contributed by atoms with van der Waals surface area (Å²) in [4.78, 5) is 4.53. The van der Waals surface area contributed by atoms with Crippen LogP contribution in [0.3, 0.4) is 0 Å². The fourth-order valence-corrected chi connectivity index (χ4v) is 4.10. The molecule has 0 radical (unpaired) electrons. The number of aromatic nitrogens is 1. The van der Waals surface area contributed by atoms with Crippen LogP contribution in [0, 0.1) is 6.92 Å². The van der Waals surface area contributed by atoms with Gasteiger partial charge in [-0.05, 0) is 31.2 Å². The number of fused-ring (bicyclic) bond motifs is 1. The topological polar surface area (TPSA) is 65.7 Å². The number of para-hydroxylation sites is 1. The van der Waals surface area contributed by atoms with Crippen LogP contribution in [-0.4, -0.2) is 26.8 Å². The van der Waals surface area contributed by atoms with Crippen molar-refractivity contribution in [1.82, 2.24) is 4.98 Å². The van der Waals surface area contributed by atoms with E-state index in [1.165, 1.54) is 11.8 Å². The van der Waals surface area contributed by atoms with Gasteiger partial charge in [-0.25, -0.2) is 4.98 Å². The molecule has 0 unspecified atom stereocenters. The fraction of sp³-hybridized carbons (Fsp3) is 0.125. The molecule has 1 aromatic heterocycles. The molecule has 6 heteroatoms. The minimum absolute atomic E-state index is 0.114. The molecule has 1 heterocycles. The summed E-state index contributed by atoms with van der Waals surface area (Å²) in [6.07, 6.45) is 0. The Balaban J connectivity index is 1.80. The molecule has 4 nitrogen and oxygen atoms in total. The predicted molar refractivity (Wildman–Crippen MR) is 91.5 cm³/mol. The number of thioether (sulfide) groups is 1. The van der Waals surface area contributed by atoms with Gasteiger partial charge in [0.2, 0.25) is 0 Å². The van der Waals surface area contributed by atoms with Gasteiger partial charge in [0.25, 0.3) is 0 Å². The van der Waals surface area contributed by atoms with Gasteiger partial charge in [0.05, 0.1) is 10.2 Å². The molecule has 0 bridgehead atoms. The van der Waals surface area contributed by atoms with Crippen LogP contribution in [0.1, 0.15) is 11.1 Å². The average Bonchev–Trinajstić information content (AvgIpc) is 2.94. The number of oxime groups is 1. The van der Waals surface area contributed by atoms with Gasteiger partial charge in [-0.15, -0.1) is 11.3 Å². The largest absolute Gasteiger partial charge is 0.507 e. The number of rotatable bonds is 4. The van der Waals surface area contributed by atoms with Crippen molar-refractivity contribution in [2.45, 2.75) is 11.3 Å². The van der Waals surface area contributed by atoms with Crippen LogP contribution in [0.15, 0.2) is 52.0 Å². The molecule has 2 N–H and O–H groups in total. The van der Waals surface area contributed by atoms with Crippen molar-refractivity contribution < 1.29 is 10.3 Å². The molecule has 3 rings (SSSR count). The molecule has 0 spiro atoms. The molecular weight excluding hydrogens is 316 g/mol. The second kappa shape index (κ2) is 6.37. The number of phenols is 1. The molecule has 0 saturated heterocycles. The molecule has 0 fully saturated rings. The number of benzene rings is 2. The van der Waals surface area contributed by atoms with Crippen molar-refractivity contribution in [2.24, 2.45) is 5.16 Å². The lowest BCUT2D eigenvalue weighted by molar-refractivity contribution is 0.319. The molecule has 2 aromatic carbocycles. The van der Waals surface area contributed by atoms with Crippen LogP contribution >= 0.6 is 23.1 Å². The van der Waals surface area contributed by atoms with E-state index in [-0.39, 0.29) is 5.75 Å². The summed E-state index contributed by atoms with van der Waals surface area (Å²) in [7, 11) is 0. The van der Waals surface area contributed by atoms with Crippen molar-refractivity contribution in [1.29, 1.82) is 0 Å². The smallest absolute Gasteiger partial charge is 0.151 e. The van der Waals surface area contributed by atoms with E-state index >= 15 is 0 Å². The predicted octanol–water partition coefficient (Wildman–Crippen LogP) is 4.28. The molecule has 0 saturated carbocycles. The van der Waals surface area contributed by atoms with Gasteiger partial charge in [-0.2, -0.15) is 0 Å². The Bertz CT molecular complexity index is 810. The molecule has 0 aliphatic heterocycles. The minimum Gasteiger partial charge on any atom is -0.507 e. The van der Waals surface area contributed by atoms with Gasteiger partial charge in [0.1, 0.15) is 11.5 Å². The average molecular weight is 330 g/mol. The number of aryl methyl sites for hydroxylation is 1. The third kappa shape index (κ3) is 3.08. The minimum atomic E-state index is 0.114. The normalized spacial score (nSPS) is 12.0. The summed E-state index contributed by atoms with van der Waals surface area (Å²) in [6, 6.07) is 13.2. The summed E-state index contributed by atoms with van der Waals surface area (Å²) in [5.74, 6) is 0.552. The maximum Gasteiger partial charge on any atom is 0.151 e. The Morgan fingerprint density at radius 3 is 2.86 bits per heavy atom. The highest BCUT2D eigenvalue weighted by atomic mass is 32.2. The van der Waals surface area contributed by atoms with Gasteiger partial charge in [-0.3, -0.25) is 0 Å². The summed E-state index contributed by atoms with van der Waals surface area (Å²) >= 11 is 3.10. The molecule has 0 aliphatic rings. The van der Waals surface area contributed by atoms with E-state index in [2.05, 4.69) is 10.1 Å². The van der Waals surface area contributed by atoms with Crippen molar-refractivity contribution >= 4 is 39.0 Å². The number of phenolic OH excluding ortho intramolecular Hbond substituents is 1. The number of hydrogen-bond acceptors (Lipinski definition) is 6. The zero-order valence-electron chi connectivity index (χ0n) is 11.9. The van der Waals surface area contributed by atoms with Crippen molar-refractivity contribution in [3.63, 3.8) is 0 Å². The highest BCUT2D eigenvalue weighted by Crippen LogP contribution is 2.30. The molecule has 3 aromatic rings. The van der Waals surface area contributed by atoms with Crippen LogP contribution in [0.4, 0.5) is 0 Å². The number of hydrogen-bond donors (Lipinski definition) is 2. The highest BCUT2D eigenvalue weighted by Gasteiger charge is 2.12. The van der Waals surface area contributed by atoms with Crippen molar-refractivity contribution in [2.75, 3.05) is 5.75 Å². The first-order valence-electron chi connectivity index (χ1n) is 6.66. The number of thiazole rings is 1. The molecule has 112 valence electrons. The van der Waals surface area contributed by atoms with E-state index in [4.69, 9.17) is 0 Å². The first-order valence-corrected chi connectivity index (χ1v) is 8.47. The van der Waals surface area contributed by atoms with Gasteiger partial charge < -0.3 is 10.3 Å². The standard InChI is InChI=1S/C16H14N2O2S2/c1-10-6-7-14(19)11(8-10)13(18-20)9-21-16-17-12-4-2-3-5-15(12)22-16/h2-8,19-20H,9H2,1H3/b18-13+. The highest BCUT2D eigenvalue weighted by molar-refractivity contribution is 8.01. The molecule has 22 heavy (non-hydrogen) atoms.